The number of amides is 1. The number of carbonyl (C=O) groups excluding carboxylic acids is 1. The number of thiazole rings is 1. The lowest BCUT2D eigenvalue weighted by atomic mass is 10.1. The van der Waals surface area contributed by atoms with Crippen molar-refractivity contribution in [1.29, 1.82) is 0 Å². The first-order valence-electron chi connectivity index (χ1n) is 10.1. The molecule has 1 aliphatic heterocycles. The maximum Gasteiger partial charge on any atom is 0.427 e. The Balaban J connectivity index is 1.48. The average molecular weight is 490 g/mol. The van der Waals surface area contributed by atoms with Crippen molar-refractivity contribution >= 4 is 32.2 Å². The molecule has 1 aliphatic carbocycles. The molecule has 0 atom stereocenters. The zero-order chi connectivity index (χ0) is 23.1. The van der Waals surface area contributed by atoms with Crippen molar-refractivity contribution < 1.29 is 31.1 Å². The smallest absolute Gasteiger partial charge is 0.427 e. The van der Waals surface area contributed by atoms with Gasteiger partial charge in [0.05, 0.1) is 23.3 Å². The number of ether oxygens (including phenoxy) is 1. The predicted octanol–water partition coefficient (Wildman–Crippen LogP) is 3.32. The zero-order valence-corrected chi connectivity index (χ0v) is 18.9. The first-order chi connectivity index (χ1) is 15.0. The van der Waals surface area contributed by atoms with E-state index in [9.17, 15) is 26.4 Å². The molecular weight excluding hydrogens is 467 g/mol. The fourth-order valence-corrected chi connectivity index (χ4v) is 4.82. The lowest BCUT2D eigenvalue weighted by Gasteiger charge is -2.34. The molecule has 32 heavy (non-hydrogen) atoms. The molecule has 2 aromatic rings. The Hall–Kier alpha value is -2.34. The van der Waals surface area contributed by atoms with Crippen molar-refractivity contribution in [3.8, 4) is 5.75 Å². The Morgan fingerprint density at radius 2 is 1.91 bits per heavy atom. The van der Waals surface area contributed by atoms with Gasteiger partial charge in [-0.25, -0.2) is 13.4 Å². The van der Waals surface area contributed by atoms with E-state index in [1.807, 2.05) is 0 Å². The van der Waals surface area contributed by atoms with Gasteiger partial charge >= 0.3 is 6.18 Å². The van der Waals surface area contributed by atoms with Crippen LogP contribution in [0.5, 0.6) is 5.75 Å². The number of hydrogen-bond acceptors (Lipinski definition) is 7. The van der Waals surface area contributed by atoms with Gasteiger partial charge in [0.1, 0.15) is 10.6 Å². The first kappa shape index (κ1) is 22.8. The molecule has 1 aromatic carbocycles. The molecule has 2 fully saturated rings. The number of piperazine rings is 1. The molecule has 0 N–H and O–H groups in total. The molecule has 1 aromatic heterocycles. The van der Waals surface area contributed by atoms with Crippen LogP contribution in [0, 0.1) is 5.92 Å². The van der Waals surface area contributed by atoms with Gasteiger partial charge in [0.15, 0.2) is 15.0 Å². The molecule has 1 amide bonds. The van der Waals surface area contributed by atoms with E-state index < -0.39 is 20.9 Å². The molecule has 12 heteroatoms. The summed E-state index contributed by atoms with van der Waals surface area (Å²) in [6, 6.07) is 4.27. The summed E-state index contributed by atoms with van der Waals surface area (Å²) < 4.78 is 68.3. The number of carbonyl (C=O) groups is 1. The molecule has 0 spiro atoms. The van der Waals surface area contributed by atoms with Gasteiger partial charge in [-0.1, -0.05) is 11.3 Å². The minimum absolute atomic E-state index is 0.0284. The molecule has 2 heterocycles. The highest BCUT2D eigenvalue weighted by molar-refractivity contribution is 7.90. The largest absolute Gasteiger partial charge is 0.492 e. The van der Waals surface area contributed by atoms with Crippen LogP contribution in [0.15, 0.2) is 29.3 Å². The van der Waals surface area contributed by atoms with Gasteiger partial charge in [-0.3, -0.25) is 4.79 Å². The van der Waals surface area contributed by atoms with Crippen LogP contribution in [0.25, 0.3) is 0 Å². The number of sulfone groups is 1. The number of rotatable bonds is 6. The number of alkyl halides is 3. The van der Waals surface area contributed by atoms with Crippen molar-refractivity contribution in [3.05, 3.63) is 34.8 Å². The van der Waals surface area contributed by atoms with E-state index in [1.165, 1.54) is 18.2 Å². The van der Waals surface area contributed by atoms with Crippen LogP contribution in [-0.4, -0.2) is 63.3 Å². The highest BCUT2D eigenvalue weighted by atomic mass is 32.2. The number of anilines is 1. The lowest BCUT2D eigenvalue weighted by Crippen LogP contribution is -2.48. The molecular formula is C20H22F3N3O4S2. The van der Waals surface area contributed by atoms with E-state index in [1.54, 1.807) is 9.80 Å². The minimum atomic E-state index is -4.44. The lowest BCUT2D eigenvalue weighted by molar-refractivity contribution is -0.134. The van der Waals surface area contributed by atoms with E-state index >= 15 is 0 Å². The quantitative estimate of drug-likeness (QED) is 0.620. The third-order valence-corrected chi connectivity index (χ3v) is 7.60. The fraction of sp³-hybridized carbons (Fsp3) is 0.500. The molecule has 1 saturated carbocycles. The average Bonchev–Trinajstić information content (AvgIpc) is 3.42. The van der Waals surface area contributed by atoms with Gasteiger partial charge in [-0.2, -0.15) is 13.2 Å². The summed E-state index contributed by atoms with van der Waals surface area (Å²) in [6.07, 6.45) is -0.408. The maximum atomic E-state index is 13.2. The number of benzene rings is 1. The first-order valence-corrected chi connectivity index (χ1v) is 12.8. The molecule has 7 nitrogen and oxygen atoms in total. The van der Waals surface area contributed by atoms with Crippen molar-refractivity contribution in [2.75, 3.05) is 43.9 Å². The number of hydrogen-bond donors (Lipinski definition) is 0. The minimum Gasteiger partial charge on any atom is -0.492 e. The third-order valence-electron chi connectivity index (χ3n) is 5.39. The van der Waals surface area contributed by atoms with Crippen molar-refractivity contribution in [3.63, 3.8) is 0 Å². The van der Waals surface area contributed by atoms with Crippen LogP contribution in [-0.2, 0) is 16.0 Å². The van der Waals surface area contributed by atoms with Crippen LogP contribution in [0.1, 0.15) is 28.1 Å². The zero-order valence-electron chi connectivity index (χ0n) is 17.3. The standard InChI is InChI=1S/C20H22F3N3O4S2/c1-32(28,29)14-4-5-16(30-12-13-2-3-13)15(10-14)18(27)25-6-8-26(9-7-25)19-24-11-17(31-19)20(21,22)23/h4-5,10-11,13H,2-3,6-9,12H2,1H3. The Labute approximate surface area is 187 Å². The topological polar surface area (TPSA) is 79.8 Å². The Morgan fingerprint density at radius 1 is 1.22 bits per heavy atom. The summed E-state index contributed by atoms with van der Waals surface area (Å²) in [5.41, 5.74) is 0.177. The van der Waals surface area contributed by atoms with Gasteiger partial charge in [0, 0.05) is 32.4 Å². The molecule has 1 saturated heterocycles. The molecule has 174 valence electrons. The van der Waals surface area contributed by atoms with E-state index in [0.29, 0.717) is 42.7 Å². The van der Waals surface area contributed by atoms with Crippen LogP contribution < -0.4 is 9.64 Å². The van der Waals surface area contributed by atoms with Crippen molar-refractivity contribution in [1.82, 2.24) is 9.88 Å². The Bertz CT molecular complexity index is 1110. The second-order valence-corrected chi connectivity index (χ2v) is 11.0. The maximum absolute atomic E-state index is 13.2. The SMILES string of the molecule is CS(=O)(=O)c1ccc(OCC2CC2)c(C(=O)N2CCN(c3ncc(C(F)(F)F)s3)CC2)c1. The fourth-order valence-electron chi connectivity index (χ4n) is 3.34. The van der Waals surface area contributed by atoms with Crippen LogP contribution in [0.3, 0.4) is 0 Å². The predicted molar refractivity (Wildman–Crippen MR) is 113 cm³/mol. The molecule has 0 bridgehead atoms. The second-order valence-electron chi connectivity index (χ2n) is 7.97. The summed E-state index contributed by atoms with van der Waals surface area (Å²) in [5, 5.41) is 0.261. The summed E-state index contributed by atoms with van der Waals surface area (Å²) in [6.45, 7) is 1.65. The Morgan fingerprint density at radius 3 is 2.47 bits per heavy atom. The summed E-state index contributed by atoms with van der Waals surface area (Å²) >= 11 is 0.574. The summed E-state index contributed by atoms with van der Waals surface area (Å²) in [4.78, 5) is 19.6. The second kappa shape index (κ2) is 8.54. The van der Waals surface area contributed by atoms with Gasteiger partial charge < -0.3 is 14.5 Å². The van der Waals surface area contributed by atoms with Crippen LogP contribution in [0.2, 0.25) is 0 Å². The molecule has 2 aliphatic rings. The Kier molecular flexibility index (Phi) is 6.10. The van der Waals surface area contributed by atoms with Crippen molar-refractivity contribution in [2.45, 2.75) is 23.9 Å². The normalized spacial score (nSPS) is 17.5. The van der Waals surface area contributed by atoms with Crippen molar-refractivity contribution in [2.24, 2.45) is 5.92 Å². The summed E-state index contributed by atoms with van der Waals surface area (Å²) in [7, 11) is -3.51. The van der Waals surface area contributed by atoms with Crippen LogP contribution >= 0.6 is 11.3 Å². The van der Waals surface area contributed by atoms with Gasteiger partial charge in [-0.15, -0.1) is 0 Å². The van der Waals surface area contributed by atoms with Gasteiger partial charge in [0.25, 0.3) is 5.91 Å². The molecule has 0 unspecified atom stereocenters. The monoisotopic (exact) mass is 489 g/mol. The highest BCUT2D eigenvalue weighted by Gasteiger charge is 2.35. The highest BCUT2D eigenvalue weighted by Crippen LogP contribution is 2.37. The number of aromatic nitrogens is 1. The van der Waals surface area contributed by atoms with Gasteiger partial charge in [-0.05, 0) is 37.0 Å². The molecule has 0 radical (unpaired) electrons. The third kappa shape index (κ3) is 5.17. The summed E-state index contributed by atoms with van der Waals surface area (Å²) in [5.74, 6) is 0.429. The van der Waals surface area contributed by atoms with Crippen LogP contribution in [0.4, 0.5) is 18.3 Å². The van der Waals surface area contributed by atoms with E-state index in [2.05, 4.69) is 4.98 Å². The van der Waals surface area contributed by atoms with E-state index in [4.69, 9.17) is 4.74 Å². The molecule has 4 rings (SSSR count). The van der Waals surface area contributed by atoms with Gasteiger partial charge in [0.2, 0.25) is 0 Å². The van der Waals surface area contributed by atoms with E-state index in [0.717, 1.165) is 25.3 Å². The number of nitrogens with zero attached hydrogens (tertiary/aromatic N) is 3. The number of halogens is 3. The van der Waals surface area contributed by atoms with E-state index in [-0.39, 0.29) is 34.6 Å².